The molecule has 3 N–H and O–H groups in total. The molecule has 0 saturated heterocycles. The second-order valence-electron chi connectivity index (χ2n) is 5.52. The number of hydrogen-bond donors (Lipinski definition) is 3. The number of H-pyrrole nitrogens is 1. The van der Waals surface area contributed by atoms with E-state index >= 15 is 0 Å². The summed E-state index contributed by atoms with van der Waals surface area (Å²) in [6.07, 6.45) is 3.14. The van der Waals surface area contributed by atoms with Crippen LogP contribution in [0.5, 0.6) is 0 Å². The predicted octanol–water partition coefficient (Wildman–Crippen LogP) is 2.25. The number of carboxylic acids is 1. The van der Waals surface area contributed by atoms with E-state index in [1.54, 1.807) is 13.8 Å². The maximum atomic E-state index is 12.3. The van der Waals surface area contributed by atoms with Crippen LogP contribution in [0.15, 0.2) is 0 Å². The summed E-state index contributed by atoms with van der Waals surface area (Å²) in [5, 5.41) is 12.0. The molecule has 0 radical (unpaired) electrons. The highest BCUT2D eigenvalue weighted by atomic mass is 16.4. The summed E-state index contributed by atoms with van der Waals surface area (Å²) in [6.45, 7) is 5.58. The molecule has 1 aliphatic rings. The topological polar surface area (TPSA) is 82.2 Å². The summed E-state index contributed by atoms with van der Waals surface area (Å²) in [6, 6.07) is 0.212. The number of nitrogens with one attached hydrogen (secondary N) is 2. The monoisotopic (exact) mass is 264 g/mol. The molecule has 19 heavy (non-hydrogen) atoms. The minimum absolute atomic E-state index is 0.0995. The van der Waals surface area contributed by atoms with Crippen molar-refractivity contribution >= 4 is 11.9 Å². The first kappa shape index (κ1) is 13.6. The largest absolute Gasteiger partial charge is 0.477 e. The number of rotatable bonds is 3. The maximum absolute atomic E-state index is 12.3. The van der Waals surface area contributed by atoms with Gasteiger partial charge in [0.25, 0.3) is 5.91 Å². The van der Waals surface area contributed by atoms with Gasteiger partial charge in [-0.2, -0.15) is 0 Å². The Morgan fingerprint density at radius 2 is 2.00 bits per heavy atom. The summed E-state index contributed by atoms with van der Waals surface area (Å²) in [5.41, 5.74) is 1.69. The molecule has 1 saturated carbocycles. The summed E-state index contributed by atoms with van der Waals surface area (Å²) >= 11 is 0. The van der Waals surface area contributed by atoms with Gasteiger partial charge in [-0.1, -0.05) is 6.92 Å². The summed E-state index contributed by atoms with van der Waals surface area (Å²) < 4.78 is 0. The van der Waals surface area contributed by atoms with Gasteiger partial charge in [-0.15, -0.1) is 0 Å². The second kappa shape index (κ2) is 5.07. The van der Waals surface area contributed by atoms with Gasteiger partial charge in [0.15, 0.2) is 0 Å². The van der Waals surface area contributed by atoms with Crippen LogP contribution < -0.4 is 5.32 Å². The van der Waals surface area contributed by atoms with Gasteiger partial charge in [-0.25, -0.2) is 4.79 Å². The van der Waals surface area contributed by atoms with Crippen LogP contribution in [0.3, 0.4) is 0 Å². The zero-order valence-electron chi connectivity index (χ0n) is 11.5. The fraction of sp³-hybridized carbons (Fsp3) is 0.571. The molecule has 1 amide bonds. The van der Waals surface area contributed by atoms with Crippen molar-refractivity contribution in [2.75, 3.05) is 0 Å². The minimum atomic E-state index is -1.03. The molecule has 1 fully saturated rings. The van der Waals surface area contributed by atoms with Crippen LogP contribution in [0.25, 0.3) is 0 Å². The lowest BCUT2D eigenvalue weighted by atomic mass is 10.1. The van der Waals surface area contributed by atoms with Crippen molar-refractivity contribution in [1.82, 2.24) is 10.3 Å². The Hall–Kier alpha value is -1.78. The van der Waals surface area contributed by atoms with E-state index in [1.807, 2.05) is 0 Å². The number of aromatic amines is 1. The first-order chi connectivity index (χ1) is 8.90. The molecule has 0 aromatic carbocycles. The highest BCUT2D eigenvalue weighted by molar-refractivity contribution is 6.00. The zero-order valence-corrected chi connectivity index (χ0v) is 11.5. The number of aromatic nitrogens is 1. The molecule has 0 aliphatic heterocycles. The van der Waals surface area contributed by atoms with Crippen LogP contribution in [0, 0.1) is 19.8 Å². The summed E-state index contributed by atoms with van der Waals surface area (Å²) in [4.78, 5) is 26.1. The van der Waals surface area contributed by atoms with Gasteiger partial charge in [0.2, 0.25) is 0 Å². The molecule has 1 aromatic heterocycles. The number of amides is 1. The van der Waals surface area contributed by atoms with E-state index in [1.165, 1.54) is 0 Å². The molecule has 1 aliphatic carbocycles. The Morgan fingerprint density at radius 3 is 2.47 bits per heavy atom. The van der Waals surface area contributed by atoms with Crippen molar-refractivity contribution in [3.05, 3.63) is 22.5 Å². The molecule has 2 unspecified atom stereocenters. The highest BCUT2D eigenvalue weighted by Crippen LogP contribution is 2.25. The van der Waals surface area contributed by atoms with Crippen LogP contribution in [-0.4, -0.2) is 28.0 Å². The van der Waals surface area contributed by atoms with Crippen molar-refractivity contribution in [2.24, 2.45) is 5.92 Å². The highest BCUT2D eigenvalue weighted by Gasteiger charge is 2.26. The second-order valence-corrected chi connectivity index (χ2v) is 5.52. The third-order valence-corrected chi connectivity index (χ3v) is 3.91. The lowest BCUT2D eigenvalue weighted by Gasteiger charge is -2.12. The van der Waals surface area contributed by atoms with E-state index in [2.05, 4.69) is 17.2 Å². The quantitative estimate of drug-likeness (QED) is 0.783. The Balaban J connectivity index is 2.17. The van der Waals surface area contributed by atoms with Gasteiger partial charge < -0.3 is 15.4 Å². The van der Waals surface area contributed by atoms with Crippen LogP contribution in [0.2, 0.25) is 0 Å². The molecule has 104 valence electrons. The van der Waals surface area contributed by atoms with Crippen LogP contribution in [0.4, 0.5) is 0 Å². The number of carbonyl (C=O) groups excluding carboxylic acids is 1. The predicted molar refractivity (Wildman–Crippen MR) is 71.5 cm³/mol. The van der Waals surface area contributed by atoms with Gasteiger partial charge in [-0.3, -0.25) is 4.79 Å². The number of carboxylic acid groups (broad SMARTS) is 1. The van der Waals surface area contributed by atoms with Crippen molar-refractivity contribution in [3.63, 3.8) is 0 Å². The van der Waals surface area contributed by atoms with Crippen LogP contribution >= 0.6 is 0 Å². The molecule has 5 nitrogen and oxygen atoms in total. The molecular formula is C14H20N2O3. The van der Waals surface area contributed by atoms with E-state index in [9.17, 15) is 9.59 Å². The van der Waals surface area contributed by atoms with Gasteiger partial charge in [-0.05, 0) is 44.6 Å². The standard InChI is InChI=1S/C14H20N2O3/c1-7-4-5-10(6-7)16-13(17)11-8(2)12(14(18)19)15-9(11)3/h7,10,15H,4-6H2,1-3H3,(H,16,17)(H,18,19). The molecule has 1 aromatic rings. The molecule has 0 bridgehead atoms. The Bertz CT molecular complexity index is 519. The molecule has 1 heterocycles. The molecule has 2 rings (SSSR count). The van der Waals surface area contributed by atoms with Crippen molar-refractivity contribution in [3.8, 4) is 0 Å². The van der Waals surface area contributed by atoms with Crippen molar-refractivity contribution < 1.29 is 14.7 Å². The van der Waals surface area contributed by atoms with E-state index < -0.39 is 5.97 Å². The van der Waals surface area contributed by atoms with Gasteiger partial charge in [0.05, 0.1) is 5.56 Å². The minimum Gasteiger partial charge on any atom is -0.477 e. The summed E-state index contributed by atoms with van der Waals surface area (Å²) in [7, 11) is 0. The number of hydrogen-bond acceptors (Lipinski definition) is 2. The number of aromatic carboxylic acids is 1. The van der Waals surface area contributed by atoms with E-state index in [-0.39, 0.29) is 17.6 Å². The van der Waals surface area contributed by atoms with E-state index in [0.717, 1.165) is 19.3 Å². The molecule has 2 atom stereocenters. The lowest BCUT2D eigenvalue weighted by Crippen LogP contribution is -2.33. The third-order valence-electron chi connectivity index (χ3n) is 3.91. The van der Waals surface area contributed by atoms with E-state index in [4.69, 9.17) is 5.11 Å². The smallest absolute Gasteiger partial charge is 0.352 e. The van der Waals surface area contributed by atoms with Crippen LogP contribution in [-0.2, 0) is 0 Å². The first-order valence-corrected chi connectivity index (χ1v) is 6.63. The first-order valence-electron chi connectivity index (χ1n) is 6.63. The summed E-state index contributed by atoms with van der Waals surface area (Å²) in [5.74, 6) is -0.555. The van der Waals surface area contributed by atoms with Crippen molar-refractivity contribution in [2.45, 2.75) is 46.1 Å². The van der Waals surface area contributed by atoms with Crippen LogP contribution in [0.1, 0.15) is 58.3 Å². The molecule has 5 heteroatoms. The lowest BCUT2D eigenvalue weighted by molar-refractivity contribution is 0.0690. The third kappa shape index (κ3) is 2.64. The van der Waals surface area contributed by atoms with Gasteiger partial charge in [0, 0.05) is 11.7 Å². The zero-order chi connectivity index (χ0) is 14.2. The molecule has 0 spiro atoms. The van der Waals surface area contributed by atoms with Crippen molar-refractivity contribution in [1.29, 1.82) is 0 Å². The molecular weight excluding hydrogens is 244 g/mol. The SMILES string of the molecule is Cc1[nH]c(C(=O)O)c(C)c1C(=O)NC1CCC(C)C1. The Labute approximate surface area is 112 Å². The van der Waals surface area contributed by atoms with E-state index in [0.29, 0.717) is 22.7 Å². The van der Waals surface area contributed by atoms with Gasteiger partial charge >= 0.3 is 5.97 Å². The maximum Gasteiger partial charge on any atom is 0.352 e. The average molecular weight is 264 g/mol. The fourth-order valence-corrected chi connectivity index (χ4v) is 2.90. The Kier molecular flexibility index (Phi) is 3.64. The Morgan fingerprint density at radius 1 is 1.32 bits per heavy atom. The number of carbonyl (C=O) groups is 2. The average Bonchev–Trinajstić information content (AvgIpc) is 2.83. The number of aryl methyl sites for hydroxylation is 1. The normalized spacial score (nSPS) is 22.5. The fourth-order valence-electron chi connectivity index (χ4n) is 2.90. The van der Waals surface area contributed by atoms with Gasteiger partial charge in [0.1, 0.15) is 5.69 Å².